The number of pyridine rings is 1. The van der Waals surface area contributed by atoms with Crippen molar-refractivity contribution >= 4 is 11.6 Å². The van der Waals surface area contributed by atoms with Crippen LogP contribution in [0.2, 0.25) is 0 Å². The Morgan fingerprint density at radius 2 is 2.04 bits per heavy atom. The molecule has 0 unspecified atom stereocenters. The lowest BCUT2D eigenvalue weighted by Crippen LogP contribution is -2.40. The molecule has 0 spiro atoms. The van der Waals surface area contributed by atoms with Crippen LogP contribution in [0.3, 0.4) is 0 Å². The van der Waals surface area contributed by atoms with Gasteiger partial charge in [-0.2, -0.15) is 4.98 Å². The summed E-state index contributed by atoms with van der Waals surface area (Å²) in [5, 5.41) is 12.7. The van der Waals surface area contributed by atoms with Gasteiger partial charge in [0, 0.05) is 25.8 Å². The Kier molecular flexibility index (Phi) is 5.56. The minimum absolute atomic E-state index is 0.305. The summed E-state index contributed by atoms with van der Waals surface area (Å²) < 4.78 is 1.26. The Bertz CT molecular complexity index is 838. The number of nitrogens with one attached hydrogen (secondary N) is 1. The number of hydrogen-bond acceptors (Lipinski definition) is 5. The van der Waals surface area contributed by atoms with Crippen LogP contribution in [0.4, 0.5) is 0 Å². The van der Waals surface area contributed by atoms with E-state index < -0.39 is 17.3 Å². The monoisotopic (exact) mass is 358 g/mol. The second kappa shape index (κ2) is 7.86. The predicted octanol–water partition coefficient (Wildman–Crippen LogP) is 1.50. The van der Waals surface area contributed by atoms with Crippen LogP contribution in [0.5, 0.6) is 5.88 Å². The van der Waals surface area contributed by atoms with Crippen LogP contribution in [-0.4, -0.2) is 51.5 Å². The van der Waals surface area contributed by atoms with Gasteiger partial charge in [0.15, 0.2) is 5.56 Å². The van der Waals surface area contributed by atoms with E-state index in [4.69, 9.17) is 0 Å². The first-order valence-electron chi connectivity index (χ1n) is 9.16. The summed E-state index contributed by atoms with van der Waals surface area (Å²) in [5.41, 5.74) is -0.571. The fourth-order valence-electron chi connectivity index (χ4n) is 3.84. The van der Waals surface area contributed by atoms with E-state index in [9.17, 15) is 14.7 Å². The Morgan fingerprint density at radius 3 is 2.77 bits per heavy atom. The molecule has 2 atom stereocenters. The van der Waals surface area contributed by atoms with Gasteiger partial charge in [-0.1, -0.05) is 19.9 Å². The summed E-state index contributed by atoms with van der Waals surface area (Å²) in [5.74, 6) is 0.291. The summed E-state index contributed by atoms with van der Waals surface area (Å²) in [6.07, 6.45) is 3.60. The molecule has 0 aliphatic carbocycles. The molecule has 2 aromatic rings. The molecule has 3 rings (SSSR count). The summed E-state index contributed by atoms with van der Waals surface area (Å²) in [4.78, 5) is 31.1. The highest BCUT2D eigenvalue weighted by Crippen LogP contribution is 2.20. The zero-order valence-electron chi connectivity index (χ0n) is 15.3. The maximum Gasteiger partial charge on any atom is 0.274 e. The van der Waals surface area contributed by atoms with Gasteiger partial charge < -0.3 is 15.3 Å². The van der Waals surface area contributed by atoms with Crippen molar-refractivity contribution in [3.05, 3.63) is 40.3 Å². The van der Waals surface area contributed by atoms with Gasteiger partial charge in [-0.25, -0.2) is 0 Å². The van der Waals surface area contributed by atoms with Gasteiger partial charge in [-0.3, -0.25) is 14.0 Å². The highest BCUT2D eigenvalue weighted by molar-refractivity contribution is 5.96. The number of nitrogens with zero attached hydrogens (tertiary/aromatic N) is 3. The van der Waals surface area contributed by atoms with Crippen molar-refractivity contribution in [1.29, 1.82) is 0 Å². The van der Waals surface area contributed by atoms with E-state index in [2.05, 4.69) is 29.0 Å². The first-order valence-corrected chi connectivity index (χ1v) is 9.16. The second-order valence-corrected chi connectivity index (χ2v) is 7.36. The lowest BCUT2D eigenvalue weighted by Gasteiger charge is -2.34. The average Bonchev–Trinajstić information content (AvgIpc) is 2.58. The third kappa shape index (κ3) is 4.04. The lowest BCUT2D eigenvalue weighted by molar-refractivity contribution is 0.0942. The molecule has 7 nitrogen and oxygen atoms in total. The van der Waals surface area contributed by atoms with Crippen molar-refractivity contribution < 1.29 is 9.90 Å². The third-order valence-electron chi connectivity index (χ3n) is 4.82. The fourth-order valence-corrected chi connectivity index (χ4v) is 3.84. The molecule has 1 amide bonds. The van der Waals surface area contributed by atoms with Gasteiger partial charge in [0.2, 0.25) is 5.88 Å². The van der Waals surface area contributed by atoms with Crippen LogP contribution < -0.4 is 10.9 Å². The van der Waals surface area contributed by atoms with Crippen molar-refractivity contribution in [3.8, 4) is 5.88 Å². The van der Waals surface area contributed by atoms with Gasteiger partial charge in [-0.05, 0) is 43.4 Å². The molecule has 3 heterocycles. The van der Waals surface area contributed by atoms with Gasteiger partial charge in [0.05, 0.1) is 0 Å². The Labute approximate surface area is 152 Å². The summed E-state index contributed by atoms with van der Waals surface area (Å²) in [6.45, 7) is 8.09. The first kappa shape index (κ1) is 18.4. The number of amides is 1. The van der Waals surface area contributed by atoms with Crippen molar-refractivity contribution in [3.63, 3.8) is 0 Å². The molecule has 26 heavy (non-hydrogen) atoms. The van der Waals surface area contributed by atoms with Crippen LogP contribution >= 0.6 is 0 Å². The minimum Gasteiger partial charge on any atom is -0.493 e. The van der Waals surface area contributed by atoms with E-state index in [0.717, 1.165) is 26.1 Å². The summed E-state index contributed by atoms with van der Waals surface area (Å²) in [6, 6.07) is 4.99. The SMILES string of the molecule is C[C@@H]1C[C@H](C)CN(CCCNC(=O)c2c(O)nc3ccccn3c2=O)C1. The maximum atomic E-state index is 12.4. The van der Waals surface area contributed by atoms with Crippen LogP contribution in [0.1, 0.15) is 37.0 Å². The molecule has 1 fully saturated rings. The number of rotatable bonds is 5. The van der Waals surface area contributed by atoms with Crippen LogP contribution in [0, 0.1) is 11.8 Å². The van der Waals surface area contributed by atoms with Crippen molar-refractivity contribution in [1.82, 2.24) is 19.6 Å². The number of aromatic hydroxyl groups is 1. The largest absolute Gasteiger partial charge is 0.493 e. The van der Waals surface area contributed by atoms with E-state index in [0.29, 0.717) is 24.0 Å². The van der Waals surface area contributed by atoms with Gasteiger partial charge >= 0.3 is 0 Å². The van der Waals surface area contributed by atoms with Crippen LogP contribution in [-0.2, 0) is 0 Å². The number of likely N-dealkylation sites (tertiary alicyclic amines) is 1. The standard InChI is InChI=1S/C19H26N4O3/c1-13-10-14(2)12-22(11-13)8-5-7-20-17(24)16-18(25)21-15-6-3-4-9-23(15)19(16)26/h3-4,6,9,13-14,25H,5,7-8,10-12H2,1-2H3,(H,20,24)/t13-,14+. The van der Waals surface area contributed by atoms with E-state index in [1.165, 1.54) is 17.0 Å². The summed E-state index contributed by atoms with van der Waals surface area (Å²) in [7, 11) is 0. The van der Waals surface area contributed by atoms with Crippen molar-refractivity contribution in [2.75, 3.05) is 26.2 Å². The topological polar surface area (TPSA) is 86.9 Å². The van der Waals surface area contributed by atoms with E-state index in [1.54, 1.807) is 18.2 Å². The molecule has 2 aromatic heterocycles. The lowest BCUT2D eigenvalue weighted by atomic mass is 9.92. The third-order valence-corrected chi connectivity index (χ3v) is 4.82. The minimum atomic E-state index is -0.585. The van der Waals surface area contributed by atoms with Gasteiger partial charge in [0.25, 0.3) is 11.5 Å². The molecule has 140 valence electrons. The van der Waals surface area contributed by atoms with E-state index >= 15 is 0 Å². The molecule has 1 saturated heterocycles. The van der Waals surface area contributed by atoms with Crippen LogP contribution in [0.15, 0.2) is 29.2 Å². The number of carbonyl (C=O) groups is 1. The maximum absolute atomic E-state index is 12.4. The number of carbonyl (C=O) groups excluding carboxylic acids is 1. The molecule has 7 heteroatoms. The molecule has 1 aliphatic heterocycles. The Morgan fingerprint density at radius 1 is 1.31 bits per heavy atom. The van der Waals surface area contributed by atoms with Gasteiger partial charge in [0.1, 0.15) is 5.65 Å². The zero-order valence-corrected chi connectivity index (χ0v) is 15.3. The van der Waals surface area contributed by atoms with Crippen molar-refractivity contribution in [2.24, 2.45) is 11.8 Å². The Hall–Kier alpha value is -2.41. The number of piperidine rings is 1. The highest BCUT2D eigenvalue weighted by Gasteiger charge is 2.22. The van der Waals surface area contributed by atoms with E-state index in [1.807, 2.05) is 0 Å². The quantitative estimate of drug-likeness (QED) is 0.791. The molecule has 0 aromatic carbocycles. The molecular weight excluding hydrogens is 332 g/mol. The van der Waals surface area contributed by atoms with Gasteiger partial charge in [-0.15, -0.1) is 0 Å². The van der Waals surface area contributed by atoms with E-state index in [-0.39, 0.29) is 5.56 Å². The number of fused-ring (bicyclic) bond motifs is 1. The molecule has 0 bridgehead atoms. The average molecular weight is 358 g/mol. The molecule has 0 saturated carbocycles. The van der Waals surface area contributed by atoms with Crippen molar-refractivity contribution in [2.45, 2.75) is 26.7 Å². The zero-order chi connectivity index (χ0) is 18.7. The molecular formula is C19H26N4O3. The predicted molar refractivity (Wildman–Crippen MR) is 99.5 cm³/mol. The second-order valence-electron chi connectivity index (χ2n) is 7.36. The Balaban J connectivity index is 1.59. The fraction of sp³-hybridized carbons (Fsp3) is 0.526. The normalized spacial score (nSPS) is 21.0. The van der Waals surface area contributed by atoms with Crippen LogP contribution in [0.25, 0.3) is 5.65 Å². The first-order chi connectivity index (χ1) is 12.5. The number of aromatic nitrogens is 2. The number of hydrogen-bond donors (Lipinski definition) is 2. The molecule has 1 aliphatic rings. The molecule has 0 radical (unpaired) electrons. The highest BCUT2D eigenvalue weighted by atomic mass is 16.3. The summed E-state index contributed by atoms with van der Waals surface area (Å²) >= 11 is 0. The smallest absolute Gasteiger partial charge is 0.274 e. The molecule has 2 N–H and O–H groups in total.